The van der Waals surface area contributed by atoms with Crippen molar-refractivity contribution in [2.24, 2.45) is 0 Å². The lowest BCUT2D eigenvalue weighted by Crippen LogP contribution is -2.49. The minimum Gasteiger partial charge on any atom is -0.384 e. The Morgan fingerprint density at radius 2 is 2.19 bits per heavy atom. The maximum absolute atomic E-state index is 14.4. The largest absolute Gasteiger partial charge is 0.384 e. The van der Waals surface area contributed by atoms with Gasteiger partial charge in [-0.25, -0.2) is 13.6 Å². The van der Waals surface area contributed by atoms with Gasteiger partial charge in [0.1, 0.15) is 12.1 Å². The first-order chi connectivity index (χ1) is 13.1. The number of rotatable bonds is 11. The van der Waals surface area contributed by atoms with Crippen LogP contribution in [0.1, 0.15) is 19.3 Å². The van der Waals surface area contributed by atoms with Gasteiger partial charge in [-0.15, -0.1) is 0 Å². The van der Waals surface area contributed by atoms with E-state index in [4.69, 9.17) is 0 Å². The molecule has 3 rings (SSSR count). The summed E-state index contributed by atoms with van der Waals surface area (Å²) in [5, 5.41) is 10.4. The van der Waals surface area contributed by atoms with Crippen LogP contribution >= 0.6 is 27.5 Å². The molecule has 7 nitrogen and oxygen atoms in total. The minimum atomic E-state index is -1.74. The van der Waals surface area contributed by atoms with E-state index in [1.165, 1.54) is 24.9 Å². The van der Waals surface area contributed by atoms with Crippen LogP contribution in [-0.2, 0) is 11.0 Å². The van der Waals surface area contributed by atoms with Gasteiger partial charge < -0.3 is 16.0 Å². The van der Waals surface area contributed by atoms with Crippen LogP contribution in [0.25, 0.3) is 0 Å². The Morgan fingerprint density at radius 1 is 1.37 bits per heavy atom. The second kappa shape index (κ2) is 10.4. The molecule has 1 fully saturated rings. The molecular weight excluding hydrogens is 455 g/mol. The fourth-order valence-electron chi connectivity index (χ4n) is 2.56. The Kier molecular flexibility index (Phi) is 7.94. The van der Waals surface area contributed by atoms with Crippen molar-refractivity contribution in [3.63, 3.8) is 0 Å². The quantitative estimate of drug-likeness (QED) is 0.372. The van der Waals surface area contributed by atoms with Crippen LogP contribution < -0.4 is 20.7 Å². The van der Waals surface area contributed by atoms with Gasteiger partial charge in [0.2, 0.25) is 5.13 Å². The van der Waals surface area contributed by atoms with Crippen LogP contribution in [-0.4, -0.2) is 45.8 Å². The molecule has 2 atom stereocenters. The molecule has 1 unspecified atom stereocenters. The fourth-order valence-corrected chi connectivity index (χ4v) is 4.64. The molecule has 11 heteroatoms. The topological polar surface area (TPSA) is 91.0 Å². The van der Waals surface area contributed by atoms with Gasteiger partial charge in [-0.2, -0.15) is 4.37 Å². The van der Waals surface area contributed by atoms with Gasteiger partial charge in [0.15, 0.2) is 11.0 Å². The van der Waals surface area contributed by atoms with Crippen LogP contribution in [0.15, 0.2) is 27.8 Å². The number of hydrogen-bond acceptors (Lipinski definition) is 7. The Hall–Kier alpha value is -1.14. The zero-order valence-corrected chi connectivity index (χ0v) is 17.9. The molecule has 0 saturated carbocycles. The Morgan fingerprint density at radius 3 is 2.89 bits per heavy atom. The lowest BCUT2D eigenvalue weighted by atomic mass is 10.1. The third-order valence-corrected chi connectivity index (χ3v) is 6.63. The minimum absolute atomic E-state index is 0.0661. The summed E-state index contributed by atoms with van der Waals surface area (Å²) in [4.78, 5) is 3.95. The van der Waals surface area contributed by atoms with E-state index in [2.05, 4.69) is 46.0 Å². The monoisotopic (exact) mass is 476 g/mol. The van der Waals surface area contributed by atoms with E-state index in [1.807, 2.05) is 0 Å². The van der Waals surface area contributed by atoms with Gasteiger partial charge >= 0.3 is 0 Å². The summed E-state index contributed by atoms with van der Waals surface area (Å²) >= 11 is 4.48. The molecule has 1 aliphatic rings. The molecule has 0 radical (unpaired) electrons. The number of nitrogens with one attached hydrogen (secondary N) is 4. The second-order valence-corrected chi connectivity index (χ2v) is 8.97. The summed E-state index contributed by atoms with van der Waals surface area (Å²) in [6, 6.07) is 3.52. The van der Waals surface area contributed by atoms with Crippen LogP contribution in [0.2, 0.25) is 0 Å². The molecule has 1 saturated heterocycles. The molecular formula is C16H22BrFN6OS2. The van der Waals surface area contributed by atoms with E-state index in [0.717, 1.165) is 50.6 Å². The molecule has 148 valence electrons. The van der Waals surface area contributed by atoms with Gasteiger partial charge in [-0.05, 0) is 60.4 Å². The molecule has 0 aliphatic carbocycles. The van der Waals surface area contributed by atoms with Gasteiger partial charge in [-0.1, -0.05) is 0 Å². The first-order valence-electron chi connectivity index (χ1n) is 8.75. The summed E-state index contributed by atoms with van der Waals surface area (Å²) in [5.74, 6) is -0.536. The maximum atomic E-state index is 14.4. The predicted octanol–water partition coefficient (Wildman–Crippen LogP) is 2.72. The molecule has 1 aromatic carbocycles. The molecule has 2 heterocycles. The van der Waals surface area contributed by atoms with Crippen molar-refractivity contribution in [3.05, 3.63) is 28.7 Å². The molecule has 1 aromatic heterocycles. The number of hydrogen-bond donors (Lipinski definition) is 4. The summed E-state index contributed by atoms with van der Waals surface area (Å²) in [7, 11) is -1.74. The van der Waals surface area contributed by atoms with Crippen LogP contribution in [0.4, 0.5) is 15.2 Å². The SMILES string of the molecule is O=S(Nc1ncns1)c1cc(Br)c(NCCCCNC[C@@H]2CCN2)cc1F. The molecule has 2 aromatic rings. The van der Waals surface area contributed by atoms with E-state index in [-0.39, 0.29) is 4.90 Å². The number of anilines is 2. The summed E-state index contributed by atoms with van der Waals surface area (Å²) in [6.07, 6.45) is 4.63. The van der Waals surface area contributed by atoms with E-state index in [9.17, 15) is 8.60 Å². The predicted molar refractivity (Wildman–Crippen MR) is 111 cm³/mol. The summed E-state index contributed by atoms with van der Waals surface area (Å²) < 4.78 is 33.8. The molecule has 27 heavy (non-hydrogen) atoms. The lowest BCUT2D eigenvalue weighted by molar-refractivity contribution is 0.353. The zero-order valence-electron chi connectivity index (χ0n) is 14.6. The normalized spacial score (nSPS) is 17.3. The Labute approximate surface area is 172 Å². The van der Waals surface area contributed by atoms with Crippen molar-refractivity contribution in [3.8, 4) is 0 Å². The van der Waals surface area contributed by atoms with Gasteiger partial charge in [0.05, 0.1) is 10.6 Å². The molecule has 4 N–H and O–H groups in total. The molecule has 0 bridgehead atoms. The maximum Gasteiger partial charge on any atom is 0.214 e. The van der Waals surface area contributed by atoms with Gasteiger partial charge in [-0.3, -0.25) is 4.72 Å². The van der Waals surface area contributed by atoms with Crippen LogP contribution in [0.5, 0.6) is 0 Å². The van der Waals surface area contributed by atoms with E-state index < -0.39 is 16.8 Å². The van der Waals surface area contributed by atoms with Gasteiger partial charge in [0.25, 0.3) is 0 Å². The molecule has 0 amide bonds. The van der Waals surface area contributed by atoms with Gasteiger partial charge in [0, 0.05) is 35.1 Å². The van der Waals surface area contributed by atoms with Crippen LogP contribution in [0.3, 0.4) is 0 Å². The van der Waals surface area contributed by atoms with E-state index >= 15 is 0 Å². The third kappa shape index (κ3) is 6.18. The Balaban J connectivity index is 1.42. The van der Waals surface area contributed by atoms with Crippen molar-refractivity contribution in [2.75, 3.05) is 36.2 Å². The average Bonchev–Trinajstić information content (AvgIpc) is 3.11. The highest BCUT2D eigenvalue weighted by Gasteiger charge is 2.16. The average molecular weight is 477 g/mol. The van der Waals surface area contributed by atoms with Crippen molar-refractivity contribution >= 4 is 49.3 Å². The number of aromatic nitrogens is 2. The number of benzene rings is 1. The number of unbranched alkanes of at least 4 members (excludes halogenated alkanes) is 1. The van der Waals surface area contributed by atoms with Crippen molar-refractivity contribution in [1.29, 1.82) is 0 Å². The van der Waals surface area contributed by atoms with Crippen molar-refractivity contribution in [1.82, 2.24) is 20.0 Å². The highest BCUT2D eigenvalue weighted by atomic mass is 79.9. The second-order valence-electron chi connectivity index (χ2n) is 6.16. The highest BCUT2D eigenvalue weighted by Crippen LogP contribution is 2.28. The summed E-state index contributed by atoms with van der Waals surface area (Å²) in [5.41, 5.74) is 0.649. The smallest absolute Gasteiger partial charge is 0.214 e. The summed E-state index contributed by atoms with van der Waals surface area (Å²) in [6.45, 7) is 3.87. The first kappa shape index (κ1) is 20.6. The Bertz CT molecular complexity index is 760. The number of halogens is 2. The fraction of sp³-hybridized carbons (Fsp3) is 0.500. The molecule has 1 aliphatic heterocycles. The highest BCUT2D eigenvalue weighted by molar-refractivity contribution is 9.10. The van der Waals surface area contributed by atoms with E-state index in [1.54, 1.807) is 0 Å². The lowest BCUT2D eigenvalue weighted by Gasteiger charge is -2.27. The number of nitrogens with zero attached hydrogens (tertiary/aromatic N) is 2. The van der Waals surface area contributed by atoms with Crippen LogP contribution in [0, 0.1) is 5.82 Å². The van der Waals surface area contributed by atoms with E-state index in [0.29, 0.717) is 21.3 Å². The standard InChI is InChI=1S/C16H22BrFN6OS2/c17-12-7-15(27(25)24-16-22-10-23-26-16)13(18)8-14(12)21-5-2-1-4-19-9-11-3-6-20-11/h7-8,10-11,19-21H,1-6,9H2,(H,22,23,24)/t11-,27?/m0/s1. The zero-order chi connectivity index (χ0) is 19.1. The molecule has 0 spiro atoms. The third-order valence-electron chi connectivity index (χ3n) is 4.17. The first-order valence-corrected chi connectivity index (χ1v) is 11.5. The van der Waals surface area contributed by atoms with Crippen molar-refractivity contribution in [2.45, 2.75) is 30.2 Å². The van der Waals surface area contributed by atoms with Crippen molar-refractivity contribution < 1.29 is 8.60 Å².